The zero-order valence-corrected chi connectivity index (χ0v) is 29.9. The molecule has 3 rings (SSSR count). The van der Waals surface area contributed by atoms with E-state index in [1.165, 1.54) is 0 Å². The second-order valence-corrected chi connectivity index (χ2v) is 12.8. The van der Waals surface area contributed by atoms with Crippen molar-refractivity contribution in [1.29, 1.82) is 0 Å². The lowest BCUT2D eigenvalue weighted by molar-refractivity contribution is -0.140. The third-order valence-corrected chi connectivity index (χ3v) is 8.65. The topological polar surface area (TPSA) is 229 Å². The van der Waals surface area contributed by atoms with Crippen LogP contribution >= 0.6 is 0 Å². The highest BCUT2D eigenvalue weighted by Gasteiger charge is 2.36. The number of rotatable bonds is 19. The molecule has 3 aliphatic rings. The zero-order valence-electron chi connectivity index (χ0n) is 29.9. The molecule has 19 nitrogen and oxygen atoms in total. The van der Waals surface area contributed by atoms with Gasteiger partial charge in [-0.3, -0.25) is 38.8 Å². The lowest BCUT2D eigenvalue weighted by Crippen LogP contribution is -2.50. The molecular formula is C33H56N6O13. The van der Waals surface area contributed by atoms with Gasteiger partial charge in [-0.1, -0.05) is 12.2 Å². The molecule has 0 aromatic carbocycles. The van der Waals surface area contributed by atoms with E-state index in [-0.39, 0.29) is 90.4 Å². The summed E-state index contributed by atoms with van der Waals surface area (Å²) in [4.78, 5) is 65.9. The normalized spacial score (nSPS) is 23.6. The molecular weight excluding hydrogens is 688 g/mol. The van der Waals surface area contributed by atoms with E-state index in [4.69, 9.17) is 23.7 Å². The zero-order chi connectivity index (χ0) is 37.6. The van der Waals surface area contributed by atoms with E-state index in [0.717, 1.165) is 25.7 Å². The summed E-state index contributed by atoms with van der Waals surface area (Å²) in [6.07, 6.45) is 6.87. The predicted octanol–water partition coefficient (Wildman–Crippen LogP) is -1.42. The van der Waals surface area contributed by atoms with E-state index in [1.54, 1.807) is 14.7 Å². The van der Waals surface area contributed by atoms with Gasteiger partial charge in [0.1, 0.15) is 6.61 Å². The van der Waals surface area contributed by atoms with Crippen molar-refractivity contribution in [1.82, 2.24) is 30.2 Å². The molecule has 0 spiro atoms. The van der Waals surface area contributed by atoms with Crippen LogP contribution in [0.3, 0.4) is 0 Å². The lowest BCUT2D eigenvalue weighted by atomic mass is 10.0. The highest BCUT2D eigenvalue weighted by Crippen LogP contribution is 2.28. The number of ether oxygens (including phenoxy) is 5. The minimum Gasteiger partial charge on any atom is -0.480 e. The SMILES string of the molecule is O=C(O)CN1CCN(CC(=O)O)CCN(CC(=O)NCCOCCOCCNC(=O)OC[C@H]2O[C@H]3CC/C=C/CC[C@H]3O2)CCN(CC(=O)O)CC1. The molecule has 296 valence electrons. The quantitative estimate of drug-likeness (QED) is 0.0755. The van der Waals surface area contributed by atoms with Crippen LogP contribution in [0, 0.1) is 0 Å². The van der Waals surface area contributed by atoms with Crippen LogP contribution in [0.4, 0.5) is 4.79 Å². The van der Waals surface area contributed by atoms with E-state index in [2.05, 4.69) is 22.8 Å². The number of nitrogens with one attached hydrogen (secondary N) is 2. The second-order valence-electron chi connectivity index (χ2n) is 12.8. The van der Waals surface area contributed by atoms with Crippen LogP contribution < -0.4 is 10.6 Å². The first kappa shape index (κ1) is 43.0. The van der Waals surface area contributed by atoms with Crippen molar-refractivity contribution in [2.45, 2.75) is 44.2 Å². The fourth-order valence-electron chi connectivity index (χ4n) is 5.99. The average Bonchev–Trinajstić information content (AvgIpc) is 3.45. The Morgan fingerprint density at radius 2 is 1.00 bits per heavy atom. The molecule has 3 atom stereocenters. The Balaban J connectivity index is 1.27. The highest BCUT2D eigenvalue weighted by molar-refractivity contribution is 5.78. The first-order valence-corrected chi connectivity index (χ1v) is 17.9. The molecule has 0 aromatic heterocycles. The molecule has 52 heavy (non-hydrogen) atoms. The number of amides is 2. The van der Waals surface area contributed by atoms with Crippen LogP contribution in [0.5, 0.6) is 0 Å². The van der Waals surface area contributed by atoms with Crippen LogP contribution in [0.15, 0.2) is 12.2 Å². The van der Waals surface area contributed by atoms with E-state index in [0.29, 0.717) is 52.4 Å². The van der Waals surface area contributed by atoms with Crippen molar-refractivity contribution >= 4 is 29.9 Å². The van der Waals surface area contributed by atoms with Gasteiger partial charge >= 0.3 is 24.0 Å². The summed E-state index contributed by atoms with van der Waals surface area (Å²) < 4.78 is 28.0. The van der Waals surface area contributed by atoms with Gasteiger partial charge in [0.05, 0.1) is 64.8 Å². The molecule has 2 heterocycles. The minimum absolute atomic E-state index is 0.0167. The van der Waals surface area contributed by atoms with Gasteiger partial charge < -0.3 is 49.6 Å². The number of hydrogen-bond donors (Lipinski definition) is 5. The van der Waals surface area contributed by atoms with Crippen molar-refractivity contribution in [2.24, 2.45) is 0 Å². The van der Waals surface area contributed by atoms with E-state index in [9.17, 15) is 39.3 Å². The molecule has 2 saturated heterocycles. The minimum atomic E-state index is -1.02. The number of allylic oxidation sites excluding steroid dienone is 2. The maximum atomic E-state index is 12.7. The first-order chi connectivity index (χ1) is 25.1. The summed E-state index contributed by atoms with van der Waals surface area (Å²) in [5.74, 6) is -3.32. The number of hydrogen-bond acceptors (Lipinski definition) is 14. The third-order valence-electron chi connectivity index (χ3n) is 8.65. The Labute approximate surface area is 304 Å². The predicted molar refractivity (Wildman–Crippen MR) is 184 cm³/mol. The monoisotopic (exact) mass is 744 g/mol. The summed E-state index contributed by atoms with van der Waals surface area (Å²) in [5.41, 5.74) is 0. The van der Waals surface area contributed by atoms with Crippen molar-refractivity contribution in [3.8, 4) is 0 Å². The number of fused-ring (bicyclic) bond motifs is 1. The van der Waals surface area contributed by atoms with Crippen molar-refractivity contribution in [3.05, 3.63) is 12.2 Å². The second kappa shape index (κ2) is 24.7. The van der Waals surface area contributed by atoms with Crippen LogP contribution in [0.2, 0.25) is 0 Å². The number of nitrogens with zero attached hydrogens (tertiary/aromatic N) is 4. The molecule has 19 heteroatoms. The first-order valence-electron chi connectivity index (χ1n) is 17.9. The summed E-state index contributed by atoms with van der Waals surface area (Å²) in [5, 5.41) is 33.5. The number of aliphatic carboxylic acids is 3. The van der Waals surface area contributed by atoms with Crippen molar-refractivity contribution in [3.63, 3.8) is 0 Å². The Morgan fingerprint density at radius 3 is 1.42 bits per heavy atom. The largest absolute Gasteiger partial charge is 0.480 e. The van der Waals surface area contributed by atoms with Gasteiger partial charge in [0, 0.05) is 65.4 Å². The van der Waals surface area contributed by atoms with Gasteiger partial charge in [0.25, 0.3) is 0 Å². The Hall–Kier alpha value is -3.43. The van der Waals surface area contributed by atoms with Gasteiger partial charge in [-0.2, -0.15) is 0 Å². The standard InChI is InChI=1S/C33H56N6O13/c40-28(21-36-9-11-37(22-29(41)42)13-15-39(24-31(45)46)16-14-38(12-10-36)23-30(43)44)34-7-17-48-19-20-49-18-8-35-33(47)50-25-32-51-26-5-3-1-2-4-6-27(26)52-32/h1-2,26-27,32H,3-25H2,(H,34,40)(H,35,47)(H,41,42)(H,43,44)(H,45,46)/b2-1+/t26-,27+,32-. The molecule has 5 N–H and O–H groups in total. The van der Waals surface area contributed by atoms with Gasteiger partial charge in [-0.15, -0.1) is 0 Å². The molecule has 0 bridgehead atoms. The Kier molecular flexibility index (Phi) is 20.5. The number of carboxylic acids is 3. The smallest absolute Gasteiger partial charge is 0.407 e. The summed E-state index contributed by atoms with van der Waals surface area (Å²) in [6.45, 7) is 3.43. The third kappa shape index (κ3) is 18.9. The van der Waals surface area contributed by atoms with Crippen LogP contribution in [-0.4, -0.2) is 208 Å². The maximum absolute atomic E-state index is 12.7. The fraction of sp³-hybridized carbons (Fsp3) is 0.788. The molecule has 0 saturated carbocycles. The molecule has 2 aliphatic heterocycles. The van der Waals surface area contributed by atoms with Gasteiger partial charge in [-0.05, 0) is 25.7 Å². The van der Waals surface area contributed by atoms with Crippen molar-refractivity contribution < 1.29 is 63.0 Å². The molecule has 0 unspecified atom stereocenters. The number of carbonyl (C=O) groups is 5. The van der Waals surface area contributed by atoms with Crippen LogP contribution in [-0.2, 0) is 42.9 Å². The highest BCUT2D eigenvalue weighted by atomic mass is 16.7. The fourth-order valence-corrected chi connectivity index (χ4v) is 5.99. The molecule has 0 radical (unpaired) electrons. The van der Waals surface area contributed by atoms with Gasteiger partial charge in [0.2, 0.25) is 5.91 Å². The number of alkyl carbamates (subject to hydrolysis) is 1. The number of carbonyl (C=O) groups excluding carboxylic acids is 2. The van der Waals surface area contributed by atoms with Crippen LogP contribution in [0.25, 0.3) is 0 Å². The van der Waals surface area contributed by atoms with E-state index < -0.39 is 30.3 Å². The van der Waals surface area contributed by atoms with E-state index in [1.807, 2.05) is 4.90 Å². The Bertz CT molecular complexity index is 1100. The van der Waals surface area contributed by atoms with Gasteiger partial charge in [-0.25, -0.2) is 4.79 Å². The molecule has 0 aromatic rings. The lowest BCUT2D eigenvalue weighted by Gasteiger charge is -2.32. The summed E-state index contributed by atoms with van der Waals surface area (Å²) in [6, 6.07) is 0. The summed E-state index contributed by atoms with van der Waals surface area (Å²) >= 11 is 0. The van der Waals surface area contributed by atoms with Gasteiger partial charge in [0.15, 0.2) is 6.29 Å². The molecule has 2 amide bonds. The molecule has 1 aliphatic carbocycles. The van der Waals surface area contributed by atoms with E-state index >= 15 is 0 Å². The number of carboxylic acid groups (broad SMARTS) is 3. The van der Waals surface area contributed by atoms with Crippen LogP contribution in [0.1, 0.15) is 25.7 Å². The van der Waals surface area contributed by atoms with Crippen molar-refractivity contribution in [2.75, 3.05) is 125 Å². The summed E-state index contributed by atoms with van der Waals surface area (Å²) in [7, 11) is 0. The Morgan fingerprint density at radius 1 is 0.596 bits per heavy atom. The molecule has 2 fully saturated rings. The average molecular weight is 745 g/mol. The maximum Gasteiger partial charge on any atom is 0.407 e.